The molecule has 0 saturated carbocycles. The van der Waals surface area contributed by atoms with Gasteiger partial charge in [0.2, 0.25) is 0 Å². The summed E-state index contributed by atoms with van der Waals surface area (Å²) >= 11 is 0. The molecular formula is C20H31NO4. The van der Waals surface area contributed by atoms with Crippen molar-refractivity contribution in [1.29, 1.82) is 0 Å². The Labute approximate surface area is 151 Å². The summed E-state index contributed by atoms with van der Waals surface area (Å²) in [5, 5.41) is 0. The van der Waals surface area contributed by atoms with Crippen molar-refractivity contribution in [2.24, 2.45) is 5.92 Å². The summed E-state index contributed by atoms with van der Waals surface area (Å²) in [6.45, 7) is 8.48. The first-order valence-electron chi connectivity index (χ1n) is 9.34. The van der Waals surface area contributed by atoms with E-state index in [1.807, 2.05) is 20.8 Å². The van der Waals surface area contributed by atoms with Crippen molar-refractivity contribution in [2.75, 3.05) is 6.61 Å². The number of unbranched alkanes of at least 4 members (excludes halogenated alkanes) is 4. The van der Waals surface area contributed by atoms with E-state index in [4.69, 9.17) is 9.47 Å². The minimum absolute atomic E-state index is 0.132. The first-order valence-corrected chi connectivity index (χ1v) is 9.34. The normalized spacial score (nSPS) is 13.1. The Bertz CT molecular complexity index is 544. The lowest BCUT2D eigenvalue weighted by Gasteiger charge is -2.18. The van der Waals surface area contributed by atoms with E-state index in [0.29, 0.717) is 6.61 Å². The van der Waals surface area contributed by atoms with Gasteiger partial charge in [0.1, 0.15) is 17.5 Å². The van der Waals surface area contributed by atoms with Gasteiger partial charge in [-0.25, -0.2) is 14.6 Å². The lowest BCUT2D eigenvalue weighted by atomic mass is 10.0. The van der Waals surface area contributed by atoms with Crippen LogP contribution in [0, 0.1) is 5.92 Å². The van der Waals surface area contributed by atoms with E-state index in [9.17, 15) is 9.59 Å². The zero-order valence-electron chi connectivity index (χ0n) is 15.9. The molecule has 140 valence electrons. The highest BCUT2D eigenvalue weighted by molar-refractivity contribution is 5.91. The summed E-state index contributed by atoms with van der Waals surface area (Å²) in [4.78, 5) is 28.3. The molecule has 1 rings (SSSR count). The van der Waals surface area contributed by atoms with Gasteiger partial charge in [0.05, 0.1) is 6.61 Å². The Balaban J connectivity index is 2.53. The monoisotopic (exact) mass is 349 g/mol. The second-order valence-corrected chi connectivity index (χ2v) is 6.45. The molecule has 0 aromatic carbocycles. The van der Waals surface area contributed by atoms with Crippen molar-refractivity contribution in [2.45, 2.75) is 72.3 Å². The Hall–Kier alpha value is -1.91. The van der Waals surface area contributed by atoms with Gasteiger partial charge >= 0.3 is 11.9 Å². The van der Waals surface area contributed by atoms with Crippen LogP contribution < -0.4 is 0 Å². The molecule has 2 atom stereocenters. The maximum Gasteiger partial charge on any atom is 0.357 e. The van der Waals surface area contributed by atoms with Crippen LogP contribution in [-0.4, -0.2) is 29.6 Å². The summed E-state index contributed by atoms with van der Waals surface area (Å²) in [5.41, 5.74) is 0.270. The summed E-state index contributed by atoms with van der Waals surface area (Å²) in [6.07, 6.45) is 6.16. The van der Waals surface area contributed by atoms with Crippen LogP contribution in [0.4, 0.5) is 0 Å². The van der Waals surface area contributed by atoms with Gasteiger partial charge in [0.25, 0.3) is 0 Å². The molecule has 0 aliphatic heterocycles. The third-order valence-electron chi connectivity index (χ3n) is 4.39. The topological polar surface area (TPSA) is 65.5 Å². The molecule has 1 heterocycles. The van der Waals surface area contributed by atoms with Gasteiger partial charge in [-0.2, -0.15) is 0 Å². The van der Waals surface area contributed by atoms with Crippen LogP contribution in [0.25, 0.3) is 0 Å². The molecule has 0 bridgehead atoms. The molecule has 2 unspecified atom stereocenters. The highest BCUT2D eigenvalue weighted by Crippen LogP contribution is 2.13. The Kier molecular flexibility index (Phi) is 9.81. The van der Waals surface area contributed by atoms with Crippen molar-refractivity contribution in [3.8, 4) is 0 Å². The summed E-state index contributed by atoms with van der Waals surface area (Å²) in [7, 11) is 0. The largest absolute Gasteiger partial charge is 0.461 e. The first kappa shape index (κ1) is 21.1. The van der Waals surface area contributed by atoms with Gasteiger partial charge in [0.15, 0.2) is 0 Å². The van der Waals surface area contributed by atoms with E-state index < -0.39 is 11.9 Å². The second kappa shape index (κ2) is 11.6. The highest BCUT2D eigenvalue weighted by Gasteiger charge is 2.19. The van der Waals surface area contributed by atoms with Gasteiger partial charge in [-0.05, 0) is 31.4 Å². The summed E-state index contributed by atoms with van der Waals surface area (Å²) in [5.74, 6) is -0.744. The van der Waals surface area contributed by atoms with E-state index >= 15 is 0 Å². The smallest absolute Gasteiger partial charge is 0.357 e. The maximum atomic E-state index is 12.2. The van der Waals surface area contributed by atoms with E-state index in [1.54, 1.807) is 18.2 Å². The van der Waals surface area contributed by atoms with Gasteiger partial charge in [0, 0.05) is 0 Å². The molecule has 5 nitrogen and oxygen atoms in total. The lowest BCUT2D eigenvalue weighted by molar-refractivity contribution is 0.0206. The average Bonchev–Trinajstić information content (AvgIpc) is 2.63. The van der Waals surface area contributed by atoms with Crippen molar-refractivity contribution in [1.82, 2.24) is 4.98 Å². The molecule has 0 fully saturated rings. The molecule has 0 aliphatic carbocycles. The SMILES string of the molecule is CCCCCCCOC(=O)c1cccc(C(=O)OC(C)C(C)CC)n1. The lowest BCUT2D eigenvalue weighted by Crippen LogP contribution is -2.22. The number of ether oxygens (including phenoxy) is 2. The number of carbonyl (C=O) groups excluding carboxylic acids is 2. The van der Waals surface area contributed by atoms with E-state index in [-0.39, 0.29) is 23.4 Å². The number of carbonyl (C=O) groups is 2. The van der Waals surface area contributed by atoms with Crippen LogP contribution in [0.1, 0.15) is 87.2 Å². The van der Waals surface area contributed by atoms with E-state index in [0.717, 1.165) is 25.7 Å². The van der Waals surface area contributed by atoms with E-state index in [2.05, 4.69) is 11.9 Å². The van der Waals surface area contributed by atoms with Gasteiger partial charge < -0.3 is 9.47 Å². The molecule has 0 radical (unpaired) electrons. The fraction of sp³-hybridized carbons (Fsp3) is 0.650. The summed E-state index contributed by atoms with van der Waals surface area (Å²) in [6, 6.07) is 4.72. The quantitative estimate of drug-likeness (QED) is 0.424. The van der Waals surface area contributed by atoms with Crippen molar-refractivity contribution < 1.29 is 19.1 Å². The fourth-order valence-corrected chi connectivity index (χ4v) is 2.28. The van der Waals surface area contributed by atoms with Crippen LogP contribution >= 0.6 is 0 Å². The molecule has 5 heteroatoms. The van der Waals surface area contributed by atoms with Crippen LogP contribution in [-0.2, 0) is 9.47 Å². The zero-order valence-corrected chi connectivity index (χ0v) is 15.9. The summed E-state index contributed by atoms with van der Waals surface area (Å²) < 4.78 is 10.6. The number of rotatable bonds is 11. The fourth-order valence-electron chi connectivity index (χ4n) is 2.28. The second-order valence-electron chi connectivity index (χ2n) is 6.45. The molecule has 0 spiro atoms. The van der Waals surface area contributed by atoms with Crippen LogP contribution in [0.15, 0.2) is 18.2 Å². The zero-order chi connectivity index (χ0) is 18.7. The molecule has 1 aromatic heterocycles. The maximum absolute atomic E-state index is 12.2. The molecular weight excluding hydrogens is 318 g/mol. The Morgan fingerprint density at radius 2 is 1.64 bits per heavy atom. The van der Waals surface area contributed by atoms with Crippen LogP contribution in [0.2, 0.25) is 0 Å². The molecule has 0 amide bonds. The predicted octanol–water partition coefficient (Wildman–Crippen LogP) is 4.80. The van der Waals surface area contributed by atoms with Crippen molar-refractivity contribution >= 4 is 11.9 Å². The highest BCUT2D eigenvalue weighted by atomic mass is 16.5. The number of aromatic nitrogens is 1. The van der Waals surface area contributed by atoms with Crippen LogP contribution in [0.3, 0.4) is 0 Å². The van der Waals surface area contributed by atoms with Gasteiger partial charge in [-0.3, -0.25) is 0 Å². The number of hydrogen-bond acceptors (Lipinski definition) is 5. The van der Waals surface area contributed by atoms with Gasteiger partial charge in [-0.1, -0.05) is 58.9 Å². The number of pyridine rings is 1. The first-order chi connectivity index (χ1) is 12.0. The van der Waals surface area contributed by atoms with Crippen molar-refractivity contribution in [3.63, 3.8) is 0 Å². The minimum atomic E-state index is -0.512. The Morgan fingerprint density at radius 1 is 1.00 bits per heavy atom. The van der Waals surface area contributed by atoms with Crippen LogP contribution in [0.5, 0.6) is 0 Å². The van der Waals surface area contributed by atoms with E-state index in [1.165, 1.54) is 12.8 Å². The molecule has 1 aromatic rings. The number of esters is 2. The number of hydrogen-bond donors (Lipinski definition) is 0. The molecule has 0 saturated heterocycles. The predicted molar refractivity (Wildman–Crippen MR) is 97.6 cm³/mol. The third-order valence-corrected chi connectivity index (χ3v) is 4.39. The van der Waals surface area contributed by atoms with Crippen molar-refractivity contribution in [3.05, 3.63) is 29.6 Å². The Morgan fingerprint density at radius 3 is 2.28 bits per heavy atom. The minimum Gasteiger partial charge on any atom is -0.461 e. The standard InChI is InChI=1S/C20H31NO4/c1-5-7-8-9-10-14-24-19(22)17-12-11-13-18(21-17)20(23)25-16(4)15(3)6-2/h11-13,15-16H,5-10,14H2,1-4H3. The molecule has 0 aliphatic rings. The average molecular weight is 349 g/mol. The molecule has 0 N–H and O–H groups in total. The number of nitrogens with zero attached hydrogens (tertiary/aromatic N) is 1. The molecule has 25 heavy (non-hydrogen) atoms. The van der Waals surface area contributed by atoms with Gasteiger partial charge in [-0.15, -0.1) is 0 Å². The third kappa shape index (κ3) is 7.67.